The standard InChI is InChI=1S/C19H21FN2O2S/c20-14-7-13(8-15(23)9-14)12-3-2-6-22(10-12)19(24)16-4-1-5-17-18(16)21-11-25-17/h7-9,11-12,16,23H,1-6,10H2. The van der Waals surface area contributed by atoms with Crippen molar-refractivity contribution < 1.29 is 14.3 Å². The first kappa shape index (κ1) is 16.5. The van der Waals surface area contributed by atoms with E-state index in [0.717, 1.165) is 56.0 Å². The van der Waals surface area contributed by atoms with Crippen molar-refractivity contribution in [3.05, 3.63) is 45.7 Å². The van der Waals surface area contributed by atoms with Gasteiger partial charge >= 0.3 is 0 Å². The summed E-state index contributed by atoms with van der Waals surface area (Å²) in [5.74, 6) is -0.402. The maximum Gasteiger partial charge on any atom is 0.231 e. The van der Waals surface area contributed by atoms with E-state index in [1.54, 1.807) is 17.4 Å². The Morgan fingerprint density at radius 3 is 3.00 bits per heavy atom. The number of amides is 1. The van der Waals surface area contributed by atoms with Gasteiger partial charge in [-0.05, 0) is 49.8 Å². The minimum absolute atomic E-state index is 0.0576. The molecule has 0 saturated carbocycles. The van der Waals surface area contributed by atoms with Crippen LogP contribution in [0.4, 0.5) is 4.39 Å². The number of aromatic hydroxyl groups is 1. The zero-order valence-corrected chi connectivity index (χ0v) is 14.8. The topological polar surface area (TPSA) is 53.4 Å². The third kappa shape index (κ3) is 3.27. The summed E-state index contributed by atoms with van der Waals surface area (Å²) in [6, 6.07) is 4.19. The van der Waals surface area contributed by atoms with Crippen LogP contribution in [-0.4, -0.2) is 34.0 Å². The van der Waals surface area contributed by atoms with Crippen LogP contribution in [0.5, 0.6) is 5.75 Å². The Morgan fingerprint density at radius 2 is 2.16 bits per heavy atom. The van der Waals surface area contributed by atoms with Crippen LogP contribution in [0.1, 0.15) is 53.7 Å². The van der Waals surface area contributed by atoms with Crippen LogP contribution >= 0.6 is 11.3 Å². The Bertz CT molecular complexity index is 771. The van der Waals surface area contributed by atoms with Crippen LogP contribution in [0, 0.1) is 5.82 Å². The molecule has 1 aromatic heterocycles. The quantitative estimate of drug-likeness (QED) is 0.886. The maximum atomic E-state index is 13.6. The number of likely N-dealkylation sites (tertiary alicyclic amines) is 1. The lowest BCUT2D eigenvalue weighted by molar-refractivity contribution is -0.134. The Balaban J connectivity index is 1.53. The lowest BCUT2D eigenvalue weighted by Crippen LogP contribution is -2.42. The number of carbonyl (C=O) groups excluding carboxylic acids is 1. The molecule has 1 saturated heterocycles. The highest BCUT2D eigenvalue weighted by molar-refractivity contribution is 7.09. The summed E-state index contributed by atoms with van der Waals surface area (Å²) in [5.41, 5.74) is 3.57. The van der Waals surface area contributed by atoms with Crippen molar-refractivity contribution in [3.63, 3.8) is 0 Å². The summed E-state index contributed by atoms with van der Waals surface area (Å²) < 4.78 is 13.6. The number of aromatic nitrogens is 1. The molecule has 132 valence electrons. The number of piperidine rings is 1. The summed E-state index contributed by atoms with van der Waals surface area (Å²) in [4.78, 5) is 20.7. The van der Waals surface area contributed by atoms with E-state index in [1.165, 1.54) is 10.9 Å². The van der Waals surface area contributed by atoms with Crippen LogP contribution in [0.25, 0.3) is 0 Å². The molecule has 0 radical (unpaired) electrons. The fourth-order valence-electron chi connectivity index (χ4n) is 4.10. The summed E-state index contributed by atoms with van der Waals surface area (Å²) in [5, 5.41) is 9.66. The summed E-state index contributed by atoms with van der Waals surface area (Å²) in [7, 11) is 0. The third-order valence-electron chi connectivity index (χ3n) is 5.31. The van der Waals surface area contributed by atoms with Crippen LogP contribution < -0.4 is 0 Å². The normalized spacial score (nSPS) is 23.3. The molecule has 2 atom stereocenters. The van der Waals surface area contributed by atoms with Gasteiger partial charge in [0.25, 0.3) is 0 Å². The molecule has 2 unspecified atom stereocenters. The Kier molecular flexibility index (Phi) is 4.46. The number of phenols is 1. The molecular weight excluding hydrogens is 339 g/mol. The van der Waals surface area contributed by atoms with Crippen molar-refractivity contribution in [1.29, 1.82) is 0 Å². The number of halogens is 1. The number of hydrogen-bond donors (Lipinski definition) is 1. The third-order valence-corrected chi connectivity index (χ3v) is 6.22. The average molecular weight is 360 g/mol. The van der Waals surface area contributed by atoms with Gasteiger partial charge < -0.3 is 10.0 Å². The molecule has 4 nitrogen and oxygen atoms in total. The van der Waals surface area contributed by atoms with Gasteiger partial charge in [-0.15, -0.1) is 11.3 Å². The minimum Gasteiger partial charge on any atom is -0.508 e. The Labute approximate surface area is 150 Å². The van der Waals surface area contributed by atoms with E-state index in [4.69, 9.17) is 0 Å². The average Bonchev–Trinajstić information content (AvgIpc) is 3.09. The molecule has 4 rings (SSSR count). The van der Waals surface area contributed by atoms with E-state index in [-0.39, 0.29) is 23.5 Å². The predicted molar refractivity (Wildman–Crippen MR) is 94.4 cm³/mol. The molecule has 0 bridgehead atoms. The molecule has 25 heavy (non-hydrogen) atoms. The van der Waals surface area contributed by atoms with Gasteiger partial charge in [-0.25, -0.2) is 9.37 Å². The van der Waals surface area contributed by atoms with E-state index < -0.39 is 5.82 Å². The van der Waals surface area contributed by atoms with Crippen molar-refractivity contribution >= 4 is 17.2 Å². The highest BCUT2D eigenvalue weighted by atomic mass is 32.1. The first-order chi connectivity index (χ1) is 12.1. The Hall–Kier alpha value is -1.95. The first-order valence-electron chi connectivity index (χ1n) is 8.82. The monoisotopic (exact) mass is 360 g/mol. The largest absolute Gasteiger partial charge is 0.508 e. The lowest BCUT2D eigenvalue weighted by Gasteiger charge is -2.36. The number of rotatable bonds is 2. The van der Waals surface area contributed by atoms with Crippen molar-refractivity contribution in [3.8, 4) is 5.75 Å². The molecule has 1 N–H and O–H groups in total. The molecule has 1 amide bonds. The second kappa shape index (κ2) is 6.75. The van der Waals surface area contributed by atoms with Gasteiger partial charge in [-0.1, -0.05) is 0 Å². The van der Waals surface area contributed by atoms with Crippen LogP contribution in [0.2, 0.25) is 0 Å². The van der Waals surface area contributed by atoms with Crippen molar-refractivity contribution in [2.45, 2.75) is 43.9 Å². The molecule has 2 aliphatic rings. The number of benzene rings is 1. The summed E-state index contributed by atoms with van der Waals surface area (Å²) in [6.07, 6.45) is 4.71. The van der Waals surface area contributed by atoms with Crippen molar-refractivity contribution in [2.24, 2.45) is 0 Å². The molecule has 6 heteroatoms. The van der Waals surface area contributed by atoms with Crippen LogP contribution in [0.15, 0.2) is 23.7 Å². The summed E-state index contributed by atoms with van der Waals surface area (Å²) >= 11 is 1.64. The zero-order valence-electron chi connectivity index (χ0n) is 13.9. The lowest BCUT2D eigenvalue weighted by atomic mass is 9.87. The van der Waals surface area contributed by atoms with E-state index in [1.807, 2.05) is 10.4 Å². The number of phenolic OH excluding ortho intramolecular Hbond substituents is 1. The second-order valence-electron chi connectivity index (χ2n) is 6.97. The van der Waals surface area contributed by atoms with Crippen LogP contribution in [0.3, 0.4) is 0 Å². The molecule has 1 aromatic carbocycles. The van der Waals surface area contributed by atoms with E-state index >= 15 is 0 Å². The van der Waals surface area contributed by atoms with Gasteiger partial charge in [-0.3, -0.25) is 4.79 Å². The first-order valence-corrected chi connectivity index (χ1v) is 9.70. The van der Waals surface area contributed by atoms with Crippen LogP contribution in [-0.2, 0) is 11.2 Å². The molecule has 0 spiro atoms. The van der Waals surface area contributed by atoms with Gasteiger partial charge in [0, 0.05) is 30.0 Å². The smallest absolute Gasteiger partial charge is 0.231 e. The predicted octanol–water partition coefficient (Wildman–Crippen LogP) is 3.81. The van der Waals surface area contributed by atoms with Gasteiger partial charge in [0.15, 0.2) is 0 Å². The number of nitrogens with zero attached hydrogens (tertiary/aromatic N) is 2. The molecule has 1 aliphatic carbocycles. The SMILES string of the molecule is O=C(C1CCCc2scnc21)N1CCCC(c2cc(O)cc(F)c2)C1. The molecule has 1 aliphatic heterocycles. The number of carbonyl (C=O) groups is 1. The minimum atomic E-state index is -0.433. The van der Waals surface area contributed by atoms with Crippen molar-refractivity contribution in [2.75, 3.05) is 13.1 Å². The summed E-state index contributed by atoms with van der Waals surface area (Å²) in [6.45, 7) is 1.32. The van der Waals surface area contributed by atoms with Crippen molar-refractivity contribution in [1.82, 2.24) is 9.88 Å². The van der Waals surface area contributed by atoms with E-state index in [0.29, 0.717) is 6.54 Å². The van der Waals surface area contributed by atoms with Gasteiger partial charge in [0.1, 0.15) is 11.6 Å². The number of thiazole rings is 1. The van der Waals surface area contributed by atoms with Gasteiger partial charge in [0.05, 0.1) is 17.1 Å². The second-order valence-corrected chi connectivity index (χ2v) is 7.91. The fourth-order valence-corrected chi connectivity index (χ4v) is 4.97. The van der Waals surface area contributed by atoms with Gasteiger partial charge in [-0.2, -0.15) is 0 Å². The maximum absolute atomic E-state index is 13.6. The number of hydrogen-bond acceptors (Lipinski definition) is 4. The number of aryl methyl sites for hydroxylation is 1. The number of fused-ring (bicyclic) bond motifs is 1. The molecule has 1 fully saturated rings. The van der Waals surface area contributed by atoms with Gasteiger partial charge in [0.2, 0.25) is 5.91 Å². The fraction of sp³-hybridized carbons (Fsp3) is 0.474. The molecule has 2 heterocycles. The van der Waals surface area contributed by atoms with E-state index in [2.05, 4.69) is 4.98 Å². The highest BCUT2D eigenvalue weighted by Gasteiger charge is 2.34. The molecular formula is C19H21FN2O2S. The Morgan fingerprint density at radius 1 is 1.28 bits per heavy atom. The zero-order chi connectivity index (χ0) is 17.4. The highest BCUT2D eigenvalue weighted by Crippen LogP contribution is 2.36. The molecule has 2 aromatic rings. The van der Waals surface area contributed by atoms with E-state index in [9.17, 15) is 14.3 Å².